The molecule has 0 aromatic heterocycles. The first-order valence-electron chi connectivity index (χ1n) is 8.24. The molecule has 0 spiro atoms. The summed E-state index contributed by atoms with van der Waals surface area (Å²) in [6.07, 6.45) is 1.92. The molecule has 1 aromatic rings. The highest BCUT2D eigenvalue weighted by Crippen LogP contribution is 2.28. The third-order valence-electron chi connectivity index (χ3n) is 3.80. The lowest BCUT2D eigenvalue weighted by Crippen LogP contribution is -2.49. The quantitative estimate of drug-likeness (QED) is 0.405. The summed E-state index contributed by atoms with van der Waals surface area (Å²) in [6.45, 7) is 4.85. The van der Waals surface area contributed by atoms with Crippen molar-refractivity contribution in [2.75, 3.05) is 18.0 Å². The van der Waals surface area contributed by atoms with E-state index in [1.807, 2.05) is 10.3 Å². The number of nitrogens with one attached hydrogen (secondary N) is 3. The van der Waals surface area contributed by atoms with Gasteiger partial charge in [-0.3, -0.25) is 35.3 Å². The molecule has 1 aliphatic rings. The normalized spacial score (nSPS) is 13.4. The van der Waals surface area contributed by atoms with Crippen LogP contribution in [0.3, 0.4) is 0 Å². The zero-order valence-electron chi connectivity index (χ0n) is 14.6. The first-order valence-corrected chi connectivity index (χ1v) is 8.24. The van der Waals surface area contributed by atoms with Crippen molar-refractivity contribution in [3.8, 4) is 0 Å². The Morgan fingerprint density at radius 2 is 1.77 bits per heavy atom. The number of rotatable bonds is 4. The number of nitro benzene ring substituents is 1. The second-order valence-corrected chi connectivity index (χ2v) is 6.19. The molecule has 140 valence electrons. The third kappa shape index (κ3) is 4.68. The standard InChI is InChI=1S/C16H21N5O5/c1-10(2)17-15(23)16(24)19-18-14(22)12-9-11(21(25)26)5-6-13(12)20-7-3-4-8-20/h5-6,9-10H,3-4,7-8H2,1-2H3,(H,17,23)(H,18,22)(H,19,24). The zero-order valence-corrected chi connectivity index (χ0v) is 14.6. The fourth-order valence-electron chi connectivity index (χ4n) is 2.62. The molecule has 3 amide bonds. The van der Waals surface area contributed by atoms with Gasteiger partial charge >= 0.3 is 11.8 Å². The van der Waals surface area contributed by atoms with Crippen molar-refractivity contribution in [3.63, 3.8) is 0 Å². The molecule has 0 bridgehead atoms. The lowest BCUT2D eigenvalue weighted by Gasteiger charge is -2.21. The predicted octanol–water partition coefficient (Wildman–Crippen LogP) is 0.481. The van der Waals surface area contributed by atoms with Gasteiger partial charge in [0.05, 0.1) is 16.2 Å². The summed E-state index contributed by atoms with van der Waals surface area (Å²) < 4.78 is 0. The van der Waals surface area contributed by atoms with E-state index >= 15 is 0 Å². The van der Waals surface area contributed by atoms with Crippen LogP contribution >= 0.6 is 0 Å². The summed E-state index contributed by atoms with van der Waals surface area (Å²) in [5, 5.41) is 13.4. The van der Waals surface area contributed by atoms with Gasteiger partial charge in [-0.25, -0.2) is 0 Å². The van der Waals surface area contributed by atoms with Gasteiger partial charge in [-0.1, -0.05) is 0 Å². The fourth-order valence-corrected chi connectivity index (χ4v) is 2.62. The van der Waals surface area contributed by atoms with E-state index in [1.54, 1.807) is 13.8 Å². The van der Waals surface area contributed by atoms with Gasteiger partial charge in [-0.2, -0.15) is 0 Å². The van der Waals surface area contributed by atoms with Crippen LogP contribution in [0.4, 0.5) is 11.4 Å². The molecule has 1 aliphatic heterocycles. The molecule has 10 nitrogen and oxygen atoms in total. The number of hydrazine groups is 1. The first kappa shape index (κ1) is 19.2. The maximum absolute atomic E-state index is 12.4. The van der Waals surface area contributed by atoms with Gasteiger partial charge in [-0.05, 0) is 32.8 Å². The minimum absolute atomic E-state index is 0.0608. The minimum Gasteiger partial charge on any atom is -0.371 e. The molecule has 1 fully saturated rings. The highest BCUT2D eigenvalue weighted by molar-refractivity contribution is 6.35. The van der Waals surface area contributed by atoms with Crippen LogP contribution in [0.15, 0.2) is 18.2 Å². The molecule has 2 rings (SSSR count). The fraction of sp³-hybridized carbons (Fsp3) is 0.438. The average molecular weight is 363 g/mol. The van der Waals surface area contributed by atoms with Gasteiger partial charge in [0.15, 0.2) is 0 Å². The third-order valence-corrected chi connectivity index (χ3v) is 3.80. The van der Waals surface area contributed by atoms with Crippen LogP contribution in [0.5, 0.6) is 0 Å². The monoisotopic (exact) mass is 363 g/mol. The number of hydrogen-bond donors (Lipinski definition) is 3. The molecule has 0 saturated carbocycles. The van der Waals surface area contributed by atoms with Crippen molar-refractivity contribution in [2.24, 2.45) is 0 Å². The summed E-state index contributed by atoms with van der Waals surface area (Å²) >= 11 is 0. The van der Waals surface area contributed by atoms with E-state index in [1.165, 1.54) is 12.1 Å². The number of anilines is 1. The lowest BCUT2D eigenvalue weighted by atomic mass is 10.1. The Balaban J connectivity index is 2.15. The lowest BCUT2D eigenvalue weighted by molar-refractivity contribution is -0.384. The van der Waals surface area contributed by atoms with Gasteiger partial charge in [0, 0.05) is 31.3 Å². The second kappa shape index (κ2) is 8.28. The molecule has 1 heterocycles. The van der Waals surface area contributed by atoms with Crippen LogP contribution in [-0.4, -0.2) is 41.8 Å². The summed E-state index contributed by atoms with van der Waals surface area (Å²) in [5.74, 6) is -2.65. The second-order valence-electron chi connectivity index (χ2n) is 6.19. The van der Waals surface area contributed by atoms with Crippen LogP contribution in [0.1, 0.15) is 37.0 Å². The highest BCUT2D eigenvalue weighted by Gasteiger charge is 2.23. The topological polar surface area (TPSA) is 134 Å². The van der Waals surface area contributed by atoms with Crippen molar-refractivity contribution >= 4 is 29.1 Å². The molecule has 0 aliphatic carbocycles. The van der Waals surface area contributed by atoms with Crippen molar-refractivity contribution in [3.05, 3.63) is 33.9 Å². The van der Waals surface area contributed by atoms with Crippen molar-refractivity contribution < 1.29 is 19.3 Å². The van der Waals surface area contributed by atoms with E-state index in [4.69, 9.17) is 0 Å². The molecular formula is C16H21N5O5. The summed E-state index contributed by atoms with van der Waals surface area (Å²) in [4.78, 5) is 48.0. The Bertz CT molecular complexity index is 728. The smallest absolute Gasteiger partial charge is 0.327 e. The van der Waals surface area contributed by atoms with Crippen molar-refractivity contribution in [2.45, 2.75) is 32.7 Å². The molecule has 10 heteroatoms. The molecule has 0 unspecified atom stereocenters. The van der Waals surface area contributed by atoms with E-state index < -0.39 is 22.6 Å². The number of nitro groups is 1. The maximum atomic E-state index is 12.4. The van der Waals surface area contributed by atoms with E-state index in [9.17, 15) is 24.5 Å². The predicted molar refractivity (Wildman–Crippen MR) is 93.4 cm³/mol. The number of non-ortho nitro benzene ring substituents is 1. The number of nitrogens with zero attached hydrogens (tertiary/aromatic N) is 2. The number of benzene rings is 1. The van der Waals surface area contributed by atoms with E-state index in [2.05, 4.69) is 10.7 Å². The zero-order chi connectivity index (χ0) is 19.3. The van der Waals surface area contributed by atoms with E-state index in [0.29, 0.717) is 5.69 Å². The van der Waals surface area contributed by atoms with Crippen LogP contribution in [-0.2, 0) is 9.59 Å². The Labute approximate surface area is 150 Å². The number of carbonyl (C=O) groups excluding carboxylic acids is 3. The summed E-state index contributed by atoms with van der Waals surface area (Å²) in [6, 6.07) is 3.77. The van der Waals surface area contributed by atoms with Gasteiger partial charge in [0.2, 0.25) is 0 Å². The van der Waals surface area contributed by atoms with E-state index in [-0.39, 0.29) is 17.3 Å². The Morgan fingerprint density at radius 1 is 1.12 bits per heavy atom. The molecule has 0 atom stereocenters. The molecule has 1 saturated heterocycles. The number of carbonyl (C=O) groups is 3. The number of amides is 3. The summed E-state index contributed by atoms with van der Waals surface area (Å²) in [7, 11) is 0. The largest absolute Gasteiger partial charge is 0.371 e. The van der Waals surface area contributed by atoms with Crippen LogP contribution < -0.4 is 21.1 Å². The average Bonchev–Trinajstić information content (AvgIpc) is 3.12. The van der Waals surface area contributed by atoms with Gasteiger partial charge in [0.1, 0.15) is 0 Å². The van der Waals surface area contributed by atoms with Crippen LogP contribution in [0.25, 0.3) is 0 Å². The molecule has 3 N–H and O–H groups in total. The van der Waals surface area contributed by atoms with E-state index in [0.717, 1.165) is 32.0 Å². The first-order chi connectivity index (χ1) is 12.3. The number of hydrogen-bond acceptors (Lipinski definition) is 6. The Kier molecular flexibility index (Phi) is 6.10. The highest BCUT2D eigenvalue weighted by atomic mass is 16.6. The SMILES string of the molecule is CC(C)NC(=O)C(=O)NNC(=O)c1cc([N+](=O)[O-])ccc1N1CCCC1. The molecule has 1 aromatic carbocycles. The molecule has 0 radical (unpaired) electrons. The van der Waals surface area contributed by atoms with Crippen LogP contribution in [0, 0.1) is 10.1 Å². The Hall–Kier alpha value is -3.17. The summed E-state index contributed by atoms with van der Waals surface area (Å²) in [5.41, 5.74) is 4.52. The molecule has 26 heavy (non-hydrogen) atoms. The van der Waals surface area contributed by atoms with Gasteiger partial charge in [-0.15, -0.1) is 0 Å². The minimum atomic E-state index is -1.03. The Morgan fingerprint density at radius 3 is 2.35 bits per heavy atom. The van der Waals surface area contributed by atoms with Gasteiger partial charge in [0.25, 0.3) is 11.6 Å². The van der Waals surface area contributed by atoms with Gasteiger partial charge < -0.3 is 10.2 Å². The van der Waals surface area contributed by atoms with Crippen molar-refractivity contribution in [1.82, 2.24) is 16.2 Å². The maximum Gasteiger partial charge on any atom is 0.327 e. The molecular weight excluding hydrogens is 342 g/mol. The van der Waals surface area contributed by atoms with Crippen molar-refractivity contribution in [1.29, 1.82) is 0 Å². The van der Waals surface area contributed by atoms with Crippen LogP contribution in [0.2, 0.25) is 0 Å².